The summed E-state index contributed by atoms with van der Waals surface area (Å²) in [6.07, 6.45) is 3.55. The number of hydrogen-bond acceptors (Lipinski definition) is 3. The van der Waals surface area contributed by atoms with Crippen molar-refractivity contribution in [2.24, 2.45) is 0 Å². The Labute approximate surface area is 123 Å². The van der Waals surface area contributed by atoms with E-state index in [2.05, 4.69) is 34.6 Å². The topological polar surface area (TPSA) is 69.9 Å². The zero-order valence-corrected chi connectivity index (χ0v) is 12.2. The monoisotopic (exact) mass is 287 g/mol. The number of H-pyrrole nitrogens is 2. The van der Waals surface area contributed by atoms with Gasteiger partial charge in [-0.05, 0) is 37.0 Å². The quantitative estimate of drug-likeness (QED) is 0.810. The first kappa shape index (κ1) is 13.9. The molecule has 1 aliphatic rings. The van der Waals surface area contributed by atoms with E-state index in [1.54, 1.807) is 6.07 Å². The molecule has 0 aliphatic carbocycles. The molecular formula is C16H21N3O2. The van der Waals surface area contributed by atoms with Crippen molar-refractivity contribution in [1.29, 1.82) is 0 Å². The first-order valence-corrected chi connectivity index (χ1v) is 7.51. The van der Waals surface area contributed by atoms with Crippen LogP contribution in [0.1, 0.15) is 26.2 Å². The number of nitrogens with one attached hydrogen (secondary N) is 3. The summed E-state index contributed by atoms with van der Waals surface area (Å²) in [5, 5.41) is 8.98. The van der Waals surface area contributed by atoms with Crippen LogP contribution in [0.2, 0.25) is 0 Å². The normalized spacial score (nSPS) is 22.1. The standard InChI is InChI=1S/C16H21N3O2/c1-2-14-9-13(7-8-21-14)17-12-5-3-11(4-6-12)15-10-16(20)19-18-15/h3-6,10,13-14,17H,2,7-9H2,1H3,(H2,18,19,20). The molecule has 3 rings (SSSR count). The summed E-state index contributed by atoms with van der Waals surface area (Å²) in [5.41, 5.74) is 2.80. The van der Waals surface area contributed by atoms with Crippen LogP contribution >= 0.6 is 0 Å². The highest BCUT2D eigenvalue weighted by molar-refractivity contribution is 5.62. The summed E-state index contributed by atoms with van der Waals surface area (Å²) in [5.74, 6) is 0. The SMILES string of the molecule is CCC1CC(Nc2ccc(-c3cc(=O)[nH][nH]3)cc2)CCO1. The molecule has 1 aromatic heterocycles. The van der Waals surface area contributed by atoms with Crippen molar-refractivity contribution in [2.45, 2.75) is 38.3 Å². The molecule has 0 spiro atoms. The number of hydrogen-bond donors (Lipinski definition) is 3. The van der Waals surface area contributed by atoms with Crippen molar-refractivity contribution < 1.29 is 4.74 Å². The lowest BCUT2D eigenvalue weighted by Crippen LogP contribution is -2.33. The highest BCUT2D eigenvalue weighted by atomic mass is 16.5. The Morgan fingerprint density at radius 1 is 1.29 bits per heavy atom. The molecule has 1 aliphatic heterocycles. The van der Waals surface area contributed by atoms with Crippen LogP contribution in [-0.2, 0) is 4.74 Å². The summed E-state index contributed by atoms with van der Waals surface area (Å²) < 4.78 is 5.70. The Morgan fingerprint density at radius 2 is 2.10 bits per heavy atom. The van der Waals surface area contributed by atoms with Crippen molar-refractivity contribution in [3.63, 3.8) is 0 Å². The Hall–Kier alpha value is -2.01. The van der Waals surface area contributed by atoms with Crippen LogP contribution in [0.15, 0.2) is 35.1 Å². The molecule has 21 heavy (non-hydrogen) atoms. The number of aromatic amines is 2. The van der Waals surface area contributed by atoms with E-state index in [0.29, 0.717) is 12.1 Å². The van der Waals surface area contributed by atoms with Crippen molar-refractivity contribution in [2.75, 3.05) is 11.9 Å². The van der Waals surface area contributed by atoms with Gasteiger partial charge in [-0.15, -0.1) is 0 Å². The number of aromatic nitrogens is 2. The molecule has 2 aromatic rings. The molecule has 0 bridgehead atoms. The molecule has 0 saturated carbocycles. The van der Waals surface area contributed by atoms with Gasteiger partial charge in [-0.3, -0.25) is 15.0 Å². The van der Waals surface area contributed by atoms with Crippen molar-refractivity contribution in [3.8, 4) is 11.3 Å². The third-order valence-corrected chi connectivity index (χ3v) is 3.99. The van der Waals surface area contributed by atoms with E-state index in [1.165, 1.54) is 0 Å². The van der Waals surface area contributed by atoms with Crippen LogP contribution in [0.5, 0.6) is 0 Å². The molecule has 5 heteroatoms. The van der Waals surface area contributed by atoms with Gasteiger partial charge >= 0.3 is 0 Å². The minimum atomic E-state index is -0.111. The first-order chi connectivity index (χ1) is 10.2. The molecule has 112 valence electrons. The van der Waals surface area contributed by atoms with Gasteiger partial charge in [-0.25, -0.2) is 0 Å². The van der Waals surface area contributed by atoms with Crippen LogP contribution in [0.4, 0.5) is 5.69 Å². The molecule has 2 heterocycles. The molecule has 1 saturated heterocycles. The van der Waals surface area contributed by atoms with E-state index >= 15 is 0 Å². The van der Waals surface area contributed by atoms with Gasteiger partial charge in [0.15, 0.2) is 0 Å². The van der Waals surface area contributed by atoms with Crippen LogP contribution in [0.3, 0.4) is 0 Å². The second kappa shape index (κ2) is 6.18. The van der Waals surface area contributed by atoms with E-state index in [1.807, 2.05) is 12.1 Å². The van der Waals surface area contributed by atoms with Gasteiger partial charge in [0.1, 0.15) is 0 Å². The molecule has 1 fully saturated rings. The van der Waals surface area contributed by atoms with Crippen LogP contribution < -0.4 is 10.9 Å². The Balaban J connectivity index is 1.65. The first-order valence-electron chi connectivity index (χ1n) is 7.51. The molecule has 2 atom stereocenters. The summed E-state index contributed by atoms with van der Waals surface area (Å²) in [6.45, 7) is 3.00. The molecule has 0 radical (unpaired) electrons. The van der Waals surface area contributed by atoms with E-state index in [9.17, 15) is 4.79 Å². The second-order valence-corrected chi connectivity index (χ2v) is 5.52. The largest absolute Gasteiger partial charge is 0.382 e. The maximum Gasteiger partial charge on any atom is 0.264 e. The minimum Gasteiger partial charge on any atom is -0.382 e. The summed E-state index contributed by atoms with van der Waals surface area (Å²) >= 11 is 0. The third-order valence-electron chi connectivity index (χ3n) is 3.99. The number of ether oxygens (including phenoxy) is 1. The Kier molecular flexibility index (Phi) is 4.10. The molecular weight excluding hydrogens is 266 g/mol. The van der Waals surface area contributed by atoms with Crippen LogP contribution in [0, 0.1) is 0 Å². The smallest absolute Gasteiger partial charge is 0.264 e. The summed E-state index contributed by atoms with van der Waals surface area (Å²) in [6, 6.07) is 10.2. The maximum atomic E-state index is 11.1. The van der Waals surface area contributed by atoms with Crippen LogP contribution in [-0.4, -0.2) is 29.0 Å². The maximum absolute atomic E-state index is 11.1. The highest BCUT2D eigenvalue weighted by Crippen LogP contribution is 2.22. The fourth-order valence-corrected chi connectivity index (χ4v) is 2.77. The molecule has 2 unspecified atom stereocenters. The fraction of sp³-hybridized carbons (Fsp3) is 0.438. The van der Waals surface area contributed by atoms with Gasteiger partial charge in [0.2, 0.25) is 0 Å². The van der Waals surface area contributed by atoms with E-state index in [0.717, 1.165) is 42.8 Å². The van der Waals surface area contributed by atoms with Gasteiger partial charge < -0.3 is 10.1 Å². The lowest BCUT2D eigenvalue weighted by Gasteiger charge is -2.30. The molecule has 3 N–H and O–H groups in total. The lowest BCUT2D eigenvalue weighted by molar-refractivity contribution is 0.00926. The summed E-state index contributed by atoms with van der Waals surface area (Å²) in [4.78, 5) is 11.1. The van der Waals surface area contributed by atoms with Gasteiger partial charge in [-0.2, -0.15) is 0 Å². The highest BCUT2D eigenvalue weighted by Gasteiger charge is 2.20. The lowest BCUT2D eigenvalue weighted by atomic mass is 10.0. The van der Waals surface area contributed by atoms with Crippen molar-refractivity contribution in [1.82, 2.24) is 10.2 Å². The average Bonchev–Trinajstić information content (AvgIpc) is 2.95. The van der Waals surface area contributed by atoms with Gasteiger partial charge in [0, 0.05) is 24.4 Å². The fourth-order valence-electron chi connectivity index (χ4n) is 2.77. The van der Waals surface area contributed by atoms with Gasteiger partial charge in [-0.1, -0.05) is 19.1 Å². The molecule has 1 aromatic carbocycles. The van der Waals surface area contributed by atoms with Gasteiger partial charge in [0.05, 0.1) is 11.8 Å². The predicted octanol–water partition coefficient (Wildman–Crippen LogP) is 2.74. The number of anilines is 1. The van der Waals surface area contributed by atoms with Gasteiger partial charge in [0.25, 0.3) is 5.56 Å². The Morgan fingerprint density at radius 3 is 2.76 bits per heavy atom. The predicted molar refractivity (Wildman–Crippen MR) is 83.5 cm³/mol. The van der Waals surface area contributed by atoms with E-state index in [4.69, 9.17) is 4.74 Å². The third kappa shape index (κ3) is 3.36. The minimum absolute atomic E-state index is 0.111. The zero-order valence-electron chi connectivity index (χ0n) is 12.2. The number of benzene rings is 1. The van der Waals surface area contributed by atoms with Crippen LogP contribution in [0.25, 0.3) is 11.3 Å². The Bertz CT molecular complexity index is 629. The number of rotatable bonds is 4. The van der Waals surface area contributed by atoms with Crippen molar-refractivity contribution in [3.05, 3.63) is 40.7 Å². The summed E-state index contributed by atoms with van der Waals surface area (Å²) in [7, 11) is 0. The van der Waals surface area contributed by atoms with E-state index < -0.39 is 0 Å². The molecule has 5 nitrogen and oxygen atoms in total. The average molecular weight is 287 g/mol. The second-order valence-electron chi connectivity index (χ2n) is 5.52. The van der Waals surface area contributed by atoms with Crippen molar-refractivity contribution >= 4 is 5.69 Å². The molecule has 0 amide bonds. The zero-order chi connectivity index (χ0) is 14.7. The van der Waals surface area contributed by atoms with E-state index in [-0.39, 0.29) is 5.56 Å².